The average molecular weight is 541 g/mol. The van der Waals surface area contributed by atoms with Crippen molar-refractivity contribution < 1.29 is 44.2 Å². The fourth-order valence-electron chi connectivity index (χ4n) is 7.51. The third-order valence-electron chi connectivity index (χ3n) is 9.65. The SMILES string of the molecule is NC1CC(CCOC2C(OC3CCC4C(=O)C5CCCCC5C(=O)C4C3O)OC(CO)C(O)C2O)CCN1. The van der Waals surface area contributed by atoms with Crippen molar-refractivity contribution in [2.75, 3.05) is 19.8 Å². The molecule has 0 spiro atoms. The molecular weight excluding hydrogens is 496 g/mol. The molecule has 11 heteroatoms. The molecule has 13 atom stereocenters. The van der Waals surface area contributed by atoms with Gasteiger partial charge < -0.3 is 45.7 Å². The van der Waals surface area contributed by atoms with E-state index in [9.17, 15) is 30.0 Å². The number of nitrogens with two attached hydrogens (primary N) is 1. The first-order valence-corrected chi connectivity index (χ1v) is 14.4. The first-order valence-electron chi connectivity index (χ1n) is 14.4. The molecule has 2 saturated heterocycles. The van der Waals surface area contributed by atoms with Crippen LogP contribution < -0.4 is 11.1 Å². The summed E-state index contributed by atoms with van der Waals surface area (Å²) in [7, 11) is 0. The highest BCUT2D eigenvalue weighted by molar-refractivity contribution is 6.00. The van der Waals surface area contributed by atoms with Crippen LogP contribution in [0.5, 0.6) is 0 Å². The summed E-state index contributed by atoms with van der Waals surface area (Å²) in [6, 6.07) is 0. The Morgan fingerprint density at radius 2 is 1.66 bits per heavy atom. The minimum absolute atomic E-state index is 0.0404. The molecule has 0 aromatic carbocycles. The third-order valence-corrected chi connectivity index (χ3v) is 9.65. The van der Waals surface area contributed by atoms with E-state index in [1.54, 1.807) is 0 Å². The minimum Gasteiger partial charge on any atom is -0.394 e. The topological polar surface area (TPSA) is 181 Å². The van der Waals surface area contributed by atoms with Crippen LogP contribution in [0.25, 0.3) is 0 Å². The number of Topliss-reactive ketones (excluding diaryl/α,β-unsaturated/α-hetero) is 2. The van der Waals surface area contributed by atoms with E-state index in [1.165, 1.54) is 0 Å². The van der Waals surface area contributed by atoms with E-state index in [2.05, 4.69) is 5.32 Å². The van der Waals surface area contributed by atoms with E-state index in [1.807, 2.05) is 0 Å². The maximum atomic E-state index is 13.4. The number of ether oxygens (including phenoxy) is 3. The first-order chi connectivity index (χ1) is 18.3. The Hall–Kier alpha value is -1.02. The predicted molar refractivity (Wildman–Crippen MR) is 133 cm³/mol. The molecule has 5 fully saturated rings. The monoisotopic (exact) mass is 540 g/mol. The van der Waals surface area contributed by atoms with Gasteiger partial charge in [-0.15, -0.1) is 0 Å². The summed E-state index contributed by atoms with van der Waals surface area (Å²) in [5, 5.41) is 45.5. The molecular formula is C27H44N2O9. The number of nitrogens with one attached hydrogen (secondary N) is 1. The van der Waals surface area contributed by atoms with Gasteiger partial charge in [0.25, 0.3) is 0 Å². The zero-order chi connectivity index (χ0) is 27.0. The van der Waals surface area contributed by atoms with Gasteiger partial charge >= 0.3 is 0 Å². The number of carbonyl (C=O) groups excluding carboxylic acids is 2. The molecule has 38 heavy (non-hydrogen) atoms. The van der Waals surface area contributed by atoms with Crippen LogP contribution >= 0.6 is 0 Å². The predicted octanol–water partition coefficient (Wildman–Crippen LogP) is -0.784. The fraction of sp³-hybridized carbons (Fsp3) is 0.926. The van der Waals surface area contributed by atoms with Gasteiger partial charge in [-0.1, -0.05) is 12.8 Å². The molecule has 7 N–H and O–H groups in total. The lowest BCUT2D eigenvalue weighted by Crippen LogP contribution is -2.62. The number of rotatable bonds is 7. The molecule has 0 aromatic rings. The molecule has 3 saturated carbocycles. The number of piperidine rings is 1. The van der Waals surface area contributed by atoms with Crippen molar-refractivity contribution >= 4 is 11.6 Å². The summed E-state index contributed by atoms with van der Waals surface area (Å²) >= 11 is 0. The Kier molecular flexibility index (Phi) is 9.18. The molecule has 5 aliphatic rings. The Morgan fingerprint density at radius 3 is 2.37 bits per heavy atom. The minimum atomic E-state index is -1.38. The van der Waals surface area contributed by atoms with Gasteiger partial charge in [-0.3, -0.25) is 9.59 Å². The van der Waals surface area contributed by atoms with Crippen LogP contribution in [-0.4, -0.2) is 101 Å². The Bertz CT molecular complexity index is 845. The molecule has 0 amide bonds. The Balaban J connectivity index is 1.26. The highest BCUT2D eigenvalue weighted by Gasteiger charge is 2.56. The van der Waals surface area contributed by atoms with Crippen LogP contribution in [0.15, 0.2) is 0 Å². The fourth-order valence-corrected chi connectivity index (χ4v) is 7.51. The van der Waals surface area contributed by atoms with Gasteiger partial charge in [0.15, 0.2) is 6.29 Å². The second kappa shape index (κ2) is 12.2. The van der Waals surface area contributed by atoms with E-state index in [4.69, 9.17) is 19.9 Å². The lowest BCUT2D eigenvalue weighted by atomic mass is 9.57. The van der Waals surface area contributed by atoms with Crippen molar-refractivity contribution in [2.45, 2.75) is 107 Å². The number of fused-ring (bicyclic) bond motifs is 2. The lowest BCUT2D eigenvalue weighted by Gasteiger charge is -2.49. The molecule has 5 rings (SSSR count). The quantitative estimate of drug-likeness (QED) is 0.223. The number of ketones is 2. The van der Waals surface area contributed by atoms with Crippen molar-refractivity contribution in [3.8, 4) is 0 Å². The Morgan fingerprint density at radius 1 is 0.921 bits per heavy atom. The Labute approximate surface area is 223 Å². The third kappa shape index (κ3) is 5.59. The summed E-state index contributed by atoms with van der Waals surface area (Å²) in [5.74, 6) is -1.44. The van der Waals surface area contributed by atoms with Crippen molar-refractivity contribution in [1.82, 2.24) is 5.32 Å². The molecule has 3 aliphatic carbocycles. The van der Waals surface area contributed by atoms with Crippen LogP contribution in [0.2, 0.25) is 0 Å². The van der Waals surface area contributed by atoms with Gasteiger partial charge in [-0.05, 0) is 57.4 Å². The van der Waals surface area contributed by atoms with Crippen LogP contribution in [0, 0.1) is 29.6 Å². The van der Waals surface area contributed by atoms with E-state index < -0.39 is 61.4 Å². The smallest absolute Gasteiger partial charge is 0.187 e. The molecule has 2 aliphatic heterocycles. The van der Waals surface area contributed by atoms with Gasteiger partial charge in [0.2, 0.25) is 0 Å². The van der Waals surface area contributed by atoms with Crippen LogP contribution in [0.4, 0.5) is 0 Å². The average Bonchev–Trinajstić information content (AvgIpc) is 2.92. The second-order valence-corrected chi connectivity index (χ2v) is 12.0. The van der Waals surface area contributed by atoms with Gasteiger partial charge in [-0.25, -0.2) is 0 Å². The number of hydrogen-bond donors (Lipinski definition) is 6. The highest BCUT2D eigenvalue weighted by Crippen LogP contribution is 2.47. The zero-order valence-corrected chi connectivity index (χ0v) is 21.9. The molecule has 11 nitrogen and oxygen atoms in total. The van der Waals surface area contributed by atoms with Crippen molar-refractivity contribution in [1.29, 1.82) is 0 Å². The van der Waals surface area contributed by atoms with Crippen molar-refractivity contribution in [3.05, 3.63) is 0 Å². The van der Waals surface area contributed by atoms with Crippen LogP contribution in [0.3, 0.4) is 0 Å². The molecule has 13 unspecified atom stereocenters. The van der Waals surface area contributed by atoms with Gasteiger partial charge in [0.05, 0.1) is 30.9 Å². The van der Waals surface area contributed by atoms with Crippen molar-refractivity contribution in [2.24, 2.45) is 35.3 Å². The zero-order valence-electron chi connectivity index (χ0n) is 21.9. The van der Waals surface area contributed by atoms with E-state index in [-0.39, 0.29) is 36.2 Å². The highest BCUT2D eigenvalue weighted by atomic mass is 16.7. The lowest BCUT2D eigenvalue weighted by molar-refractivity contribution is -0.328. The molecule has 216 valence electrons. The van der Waals surface area contributed by atoms with E-state index in [0.29, 0.717) is 31.6 Å². The summed E-state index contributed by atoms with van der Waals surface area (Å²) < 4.78 is 18.0. The maximum absolute atomic E-state index is 13.4. The standard InChI is InChI=1S/C27H44N2O9/c28-19-11-13(7-9-29-19)8-10-36-26-25(35)24(34)18(12-30)38-27(26)37-17-6-5-16-20(23(17)33)22(32)15-4-2-1-3-14(15)21(16)31/h13-20,23-27,29-30,33-35H,1-12,28H2. The molecule has 0 aromatic heterocycles. The summed E-state index contributed by atoms with van der Waals surface area (Å²) in [6.45, 7) is 0.576. The summed E-state index contributed by atoms with van der Waals surface area (Å²) in [5.41, 5.74) is 5.99. The van der Waals surface area contributed by atoms with Crippen LogP contribution in [0.1, 0.15) is 57.8 Å². The molecule has 0 radical (unpaired) electrons. The first kappa shape index (κ1) is 28.5. The van der Waals surface area contributed by atoms with Crippen LogP contribution in [-0.2, 0) is 23.8 Å². The summed E-state index contributed by atoms with van der Waals surface area (Å²) in [6.07, 6.45) is -1.58. The molecule has 2 heterocycles. The maximum Gasteiger partial charge on any atom is 0.187 e. The van der Waals surface area contributed by atoms with Gasteiger partial charge in [-0.2, -0.15) is 0 Å². The molecule has 0 bridgehead atoms. The van der Waals surface area contributed by atoms with Gasteiger partial charge in [0.1, 0.15) is 36.0 Å². The largest absolute Gasteiger partial charge is 0.394 e. The number of aliphatic hydroxyl groups excluding tert-OH is 4. The van der Waals surface area contributed by atoms with Gasteiger partial charge in [0, 0.05) is 24.4 Å². The number of carbonyl (C=O) groups is 2. The number of aliphatic hydroxyl groups is 4. The van der Waals surface area contributed by atoms with E-state index in [0.717, 1.165) is 38.6 Å². The normalized spacial score (nSPS) is 47.9. The number of hydrogen-bond acceptors (Lipinski definition) is 11. The van der Waals surface area contributed by atoms with Crippen molar-refractivity contribution in [3.63, 3.8) is 0 Å². The summed E-state index contributed by atoms with van der Waals surface area (Å²) in [4.78, 5) is 26.6. The second-order valence-electron chi connectivity index (χ2n) is 12.0. The van der Waals surface area contributed by atoms with E-state index >= 15 is 0 Å².